The number of hydrogen-bond donors (Lipinski definition) is 1. The highest BCUT2D eigenvalue weighted by molar-refractivity contribution is 6.00. The van der Waals surface area contributed by atoms with Gasteiger partial charge in [0.25, 0.3) is 5.91 Å². The molecule has 1 heterocycles. The van der Waals surface area contributed by atoms with Crippen molar-refractivity contribution in [3.63, 3.8) is 0 Å². The normalized spacial score (nSPS) is 12.9. The minimum atomic E-state index is -0.319. The number of fused-ring (bicyclic) bond motifs is 1. The molecule has 9 heteroatoms. The Kier molecular flexibility index (Phi) is 8.93. The number of aryl methyl sites for hydroxylation is 1. The summed E-state index contributed by atoms with van der Waals surface area (Å²) in [6.45, 7) is 3.40. The average molecular weight is 547 g/mol. The highest BCUT2D eigenvalue weighted by atomic mass is 19.1. The van der Waals surface area contributed by atoms with E-state index >= 15 is 0 Å². The number of rotatable bonds is 10. The zero-order valence-corrected chi connectivity index (χ0v) is 23.5. The molecule has 0 fully saturated rings. The van der Waals surface area contributed by atoms with Crippen molar-refractivity contribution < 1.29 is 23.4 Å². The van der Waals surface area contributed by atoms with E-state index in [4.69, 9.17) is 19.6 Å². The summed E-state index contributed by atoms with van der Waals surface area (Å²) in [5.74, 6) is 1.32. The molecule has 0 radical (unpaired) electrons. The van der Waals surface area contributed by atoms with E-state index in [1.165, 1.54) is 18.5 Å². The lowest BCUT2D eigenvalue weighted by molar-refractivity contribution is 0.0742. The van der Waals surface area contributed by atoms with Crippen LogP contribution in [0.1, 0.15) is 27.0 Å². The fourth-order valence-corrected chi connectivity index (χ4v) is 4.69. The number of nitrogens with one attached hydrogen (secondary N) is 1. The average Bonchev–Trinajstić information content (AvgIpc) is 3.09. The van der Waals surface area contributed by atoms with Crippen LogP contribution in [0.4, 0.5) is 4.39 Å². The molecule has 1 amide bonds. The first-order valence-electron chi connectivity index (χ1n) is 12.9. The van der Waals surface area contributed by atoms with E-state index in [1.807, 2.05) is 49.3 Å². The number of carbonyl (C=O) groups is 1. The van der Waals surface area contributed by atoms with Crippen molar-refractivity contribution in [2.24, 2.45) is 0 Å². The molecule has 8 nitrogen and oxygen atoms in total. The van der Waals surface area contributed by atoms with Crippen LogP contribution in [0.2, 0.25) is 0 Å². The van der Waals surface area contributed by atoms with Crippen LogP contribution in [0.3, 0.4) is 0 Å². The van der Waals surface area contributed by atoms with Gasteiger partial charge >= 0.3 is 0 Å². The quantitative estimate of drug-likeness (QED) is 0.275. The van der Waals surface area contributed by atoms with Gasteiger partial charge in [0, 0.05) is 51.2 Å². The third-order valence-corrected chi connectivity index (χ3v) is 6.73. The van der Waals surface area contributed by atoms with Crippen molar-refractivity contribution in [3.05, 3.63) is 89.0 Å². The van der Waals surface area contributed by atoms with Crippen LogP contribution in [0.15, 0.2) is 60.9 Å². The van der Waals surface area contributed by atoms with E-state index < -0.39 is 0 Å². The van der Waals surface area contributed by atoms with Crippen molar-refractivity contribution in [2.45, 2.75) is 20.0 Å². The number of nitrogens with zero attached hydrogens (tertiary/aromatic N) is 3. The van der Waals surface area contributed by atoms with Gasteiger partial charge in [-0.2, -0.15) is 0 Å². The molecule has 4 rings (SSSR count). The molecule has 3 aromatic carbocycles. The summed E-state index contributed by atoms with van der Waals surface area (Å²) in [4.78, 5) is 19.4. The topological polar surface area (TPSA) is 78.3 Å². The Labute approximate surface area is 234 Å². The molecule has 0 saturated heterocycles. The Bertz CT molecular complexity index is 1400. The first kappa shape index (κ1) is 28.5. The van der Waals surface area contributed by atoms with Crippen LogP contribution in [0.5, 0.6) is 17.2 Å². The Morgan fingerprint density at radius 1 is 0.975 bits per heavy atom. The van der Waals surface area contributed by atoms with Crippen molar-refractivity contribution in [2.75, 3.05) is 41.5 Å². The van der Waals surface area contributed by atoms with Gasteiger partial charge in [0.1, 0.15) is 29.7 Å². The second kappa shape index (κ2) is 12.5. The molecule has 0 aromatic heterocycles. The van der Waals surface area contributed by atoms with Gasteiger partial charge in [0.2, 0.25) is 0 Å². The monoisotopic (exact) mass is 546 g/mol. The largest absolute Gasteiger partial charge is 0.497 e. The van der Waals surface area contributed by atoms with Crippen molar-refractivity contribution in [3.8, 4) is 28.4 Å². The van der Waals surface area contributed by atoms with Crippen molar-refractivity contribution in [1.29, 1.82) is 5.41 Å². The third-order valence-electron chi connectivity index (χ3n) is 6.73. The maximum absolute atomic E-state index is 14.0. The standard InChI is InChI=1S/C31H35FN4O4/c1-21-12-24(32)6-7-27(21)28-15-23(18-34(2)8-9-35(3)20-33)16-29-30(28)40-11-10-36(31(29)37)19-22-13-25(38-4)17-26(14-22)39-5/h6-9,12-17,20,33H,10-11,18-19H2,1-5H3/b9-8-,33-20?. The molecule has 0 aliphatic carbocycles. The van der Waals surface area contributed by atoms with Crippen molar-refractivity contribution >= 4 is 12.2 Å². The number of benzene rings is 3. The Morgan fingerprint density at radius 2 is 1.68 bits per heavy atom. The number of hydrogen-bond acceptors (Lipinski definition) is 6. The smallest absolute Gasteiger partial charge is 0.258 e. The molecule has 3 aromatic rings. The van der Waals surface area contributed by atoms with Crippen LogP contribution in [0.25, 0.3) is 11.1 Å². The molecule has 0 atom stereocenters. The Balaban J connectivity index is 1.76. The molecule has 1 N–H and O–H groups in total. The first-order valence-corrected chi connectivity index (χ1v) is 12.9. The molecule has 1 aliphatic heterocycles. The fourth-order valence-electron chi connectivity index (χ4n) is 4.69. The third kappa shape index (κ3) is 6.54. The maximum Gasteiger partial charge on any atom is 0.258 e. The molecule has 1 aliphatic rings. The van der Waals surface area contributed by atoms with Gasteiger partial charge in [-0.1, -0.05) is 6.07 Å². The number of amides is 1. The van der Waals surface area contributed by atoms with Gasteiger partial charge in [-0.3, -0.25) is 10.2 Å². The second-order valence-electron chi connectivity index (χ2n) is 9.78. The summed E-state index contributed by atoms with van der Waals surface area (Å²) in [6, 6.07) is 14.1. The van der Waals surface area contributed by atoms with E-state index in [1.54, 1.807) is 49.4 Å². The van der Waals surface area contributed by atoms with E-state index in [0.29, 0.717) is 49.1 Å². The first-order chi connectivity index (χ1) is 19.2. The lowest BCUT2D eigenvalue weighted by Crippen LogP contribution is -2.32. The molecule has 0 bridgehead atoms. The number of carbonyl (C=O) groups excluding carboxylic acids is 1. The molecule has 210 valence electrons. The Morgan fingerprint density at radius 3 is 2.33 bits per heavy atom. The molecule has 0 unspecified atom stereocenters. The van der Waals surface area contributed by atoms with E-state index in [2.05, 4.69) is 0 Å². The molecular weight excluding hydrogens is 511 g/mol. The summed E-state index contributed by atoms with van der Waals surface area (Å²) in [5.41, 5.74) is 4.53. The minimum Gasteiger partial charge on any atom is -0.497 e. The van der Waals surface area contributed by atoms with Gasteiger partial charge in [-0.25, -0.2) is 4.39 Å². The van der Waals surface area contributed by atoms with Crippen LogP contribution >= 0.6 is 0 Å². The molecule has 0 saturated carbocycles. The van der Waals surface area contributed by atoms with Gasteiger partial charge in [0.15, 0.2) is 0 Å². The highest BCUT2D eigenvalue weighted by Gasteiger charge is 2.28. The summed E-state index contributed by atoms with van der Waals surface area (Å²) in [6.07, 6.45) is 4.85. The summed E-state index contributed by atoms with van der Waals surface area (Å²) < 4.78 is 31.0. The number of ether oxygens (including phenoxy) is 3. The SMILES string of the molecule is COc1cc(CN2CCOc3c(cc(CN(C)/C=C\N(C)C=N)cc3-c3ccc(F)cc3C)C2=O)cc(OC)c1. The lowest BCUT2D eigenvalue weighted by Gasteiger charge is -2.22. The van der Waals surface area contributed by atoms with Crippen LogP contribution in [0, 0.1) is 18.2 Å². The van der Waals surface area contributed by atoms with E-state index in [9.17, 15) is 9.18 Å². The molecule has 40 heavy (non-hydrogen) atoms. The van der Waals surface area contributed by atoms with Crippen molar-refractivity contribution in [1.82, 2.24) is 14.7 Å². The van der Waals surface area contributed by atoms with Gasteiger partial charge < -0.3 is 28.9 Å². The summed E-state index contributed by atoms with van der Waals surface area (Å²) in [5, 5.41) is 7.36. The van der Waals surface area contributed by atoms with Crippen LogP contribution in [-0.4, -0.2) is 68.4 Å². The zero-order valence-electron chi connectivity index (χ0n) is 23.5. The number of methoxy groups -OCH3 is 2. The van der Waals surface area contributed by atoms with Crippen LogP contribution < -0.4 is 14.2 Å². The van der Waals surface area contributed by atoms with E-state index in [0.717, 1.165) is 27.8 Å². The van der Waals surface area contributed by atoms with Gasteiger partial charge in [0.05, 0.1) is 32.7 Å². The van der Waals surface area contributed by atoms with Crippen LogP contribution in [-0.2, 0) is 13.1 Å². The van der Waals surface area contributed by atoms with Gasteiger partial charge in [-0.05, 0) is 65.6 Å². The van der Waals surface area contributed by atoms with E-state index in [-0.39, 0.29) is 11.7 Å². The lowest BCUT2D eigenvalue weighted by atomic mass is 9.94. The highest BCUT2D eigenvalue weighted by Crippen LogP contribution is 2.39. The summed E-state index contributed by atoms with van der Waals surface area (Å²) in [7, 11) is 6.88. The Hall–Kier alpha value is -4.53. The minimum absolute atomic E-state index is 0.154. The summed E-state index contributed by atoms with van der Waals surface area (Å²) >= 11 is 0. The zero-order chi connectivity index (χ0) is 28.8. The predicted octanol–water partition coefficient (Wildman–Crippen LogP) is 5.29. The van der Waals surface area contributed by atoms with Gasteiger partial charge in [-0.15, -0.1) is 0 Å². The maximum atomic E-state index is 14.0. The second-order valence-corrected chi connectivity index (χ2v) is 9.78. The fraction of sp³-hybridized carbons (Fsp3) is 0.290. The predicted molar refractivity (Wildman–Crippen MR) is 154 cm³/mol. The molecule has 0 spiro atoms. The number of halogens is 1. The molecular formula is C31H35FN4O4.